The lowest BCUT2D eigenvalue weighted by Gasteiger charge is -2.44. The zero-order chi connectivity index (χ0) is 20.6. The fourth-order valence-corrected chi connectivity index (χ4v) is 6.42. The predicted molar refractivity (Wildman–Crippen MR) is 119 cm³/mol. The van der Waals surface area contributed by atoms with Crippen LogP contribution in [0.4, 0.5) is 0 Å². The van der Waals surface area contributed by atoms with E-state index in [0.717, 1.165) is 32.1 Å². The van der Waals surface area contributed by atoms with Crippen molar-refractivity contribution in [2.24, 2.45) is 29.1 Å². The van der Waals surface area contributed by atoms with Crippen LogP contribution in [0, 0.1) is 29.1 Å². The average molecular weight is 395 g/mol. The molecule has 0 aromatic carbocycles. The maximum atomic E-state index is 12.1. The first kappa shape index (κ1) is 20.8. The van der Waals surface area contributed by atoms with E-state index in [4.69, 9.17) is 0 Å². The molecule has 5 atom stereocenters. The summed E-state index contributed by atoms with van der Waals surface area (Å²) in [6, 6.07) is 0. The van der Waals surface area contributed by atoms with Crippen molar-refractivity contribution in [1.82, 2.24) is 0 Å². The van der Waals surface area contributed by atoms with E-state index in [9.17, 15) is 9.90 Å². The molecule has 0 aliphatic heterocycles. The van der Waals surface area contributed by atoms with E-state index in [1.807, 2.05) is 6.08 Å². The van der Waals surface area contributed by atoms with E-state index in [2.05, 4.69) is 38.7 Å². The van der Waals surface area contributed by atoms with Crippen LogP contribution in [-0.4, -0.2) is 17.0 Å². The minimum Gasteiger partial charge on any atom is -0.393 e. The van der Waals surface area contributed by atoms with Crippen LogP contribution in [0.3, 0.4) is 0 Å². The Morgan fingerprint density at radius 3 is 2.72 bits per heavy atom. The van der Waals surface area contributed by atoms with Crippen LogP contribution < -0.4 is 0 Å². The number of aliphatic hydroxyl groups excluding tert-OH is 1. The first-order valence-corrected chi connectivity index (χ1v) is 11.9. The zero-order valence-electron chi connectivity index (χ0n) is 18.3. The van der Waals surface area contributed by atoms with E-state index < -0.39 is 0 Å². The molecule has 158 valence electrons. The normalized spacial score (nSPS) is 39.3. The summed E-state index contributed by atoms with van der Waals surface area (Å²) in [4.78, 5) is 12.1. The van der Waals surface area contributed by atoms with E-state index in [1.54, 1.807) is 5.57 Å². The van der Waals surface area contributed by atoms with Crippen molar-refractivity contribution < 1.29 is 9.90 Å². The van der Waals surface area contributed by atoms with Crippen LogP contribution in [0.15, 0.2) is 47.6 Å². The largest absolute Gasteiger partial charge is 0.393 e. The first-order valence-electron chi connectivity index (χ1n) is 11.9. The van der Waals surface area contributed by atoms with Crippen LogP contribution >= 0.6 is 0 Å². The maximum Gasteiger partial charge on any atom is 0.158 e. The highest BCUT2D eigenvalue weighted by Gasteiger charge is 2.50. The number of fused-ring (bicyclic) bond motifs is 1. The molecule has 0 aromatic heterocycles. The Labute approximate surface area is 176 Å². The summed E-state index contributed by atoms with van der Waals surface area (Å²) in [6.07, 6.45) is 19.6. The van der Waals surface area contributed by atoms with Gasteiger partial charge in [-0.15, -0.1) is 0 Å². The van der Waals surface area contributed by atoms with E-state index in [1.165, 1.54) is 43.3 Å². The second-order valence-corrected chi connectivity index (χ2v) is 10.4. The molecule has 4 aliphatic carbocycles. The Bertz CT molecular complexity index is 750. The molecule has 4 rings (SSSR count). The number of hydrogen-bond acceptors (Lipinski definition) is 2. The Kier molecular flexibility index (Phi) is 6.02. The van der Waals surface area contributed by atoms with Crippen LogP contribution in [0.5, 0.6) is 0 Å². The molecule has 2 heteroatoms. The molecule has 0 heterocycles. The molecule has 0 radical (unpaired) electrons. The van der Waals surface area contributed by atoms with Gasteiger partial charge in [0.25, 0.3) is 0 Å². The lowest BCUT2D eigenvalue weighted by atomic mass is 9.61. The monoisotopic (exact) mass is 394 g/mol. The van der Waals surface area contributed by atoms with Gasteiger partial charge in [-0.25, -0.2) is 0 Å². The molecular weight excluding hydrogens is 356 g/mol. The number of ketones is 1. The van der Waals surface area contributed by atoms with Crippen molar-refractivity contribution in [1.29, 1.82) is 0 Å². The molecule has 2 nitrogen and oxygen atoms in total. The van der Waals surface area contributed by atoms with Crippen molar-refractivity contribution >= 4 is 5.78 Å². The molecule has 0 aromatic rings. The van der Waals surface area contributed by atoms with Gasteiger partial charge in [0.05, 0.1) is 6.10 Å². The average Bonchev–Trinajstić information content (AvgIpc) is 3.48. The third-order valence-electron chi connectivity index (χ3n) is 8.40. The van der Waals surface area contributed by atoms with E-state index in [0.29, 0.717) is 34.9 Å². The van der Waals surface area contributed by atoms with Gasteiger partial charge < -0.3 is 5.11 Å². The van der Waals surface area contributed by atoms with Gasteiger partial charge in [-0.2, -0.15) is 0 Å². The number of carbonyl (C=O) groups is 1. The Morgan fingerprint density at radius 1 is 1.17 bits per heavy atom. The fraction of sp³-hybridized carbons (Fsp3) is 0.667. The summed E-state index contributed by atoms with van der Waals surface area (Å²) in [6.45, 7) is 9.04. The Morgan fingerprint density at radius 2 is 1.97 bits per heavy atom. The van der Waals surface area contributed by atoms with Crippen molar-refractivity contribution in [3.05, 3.63) is 47.6 Å². The van der Waals surface area contributed by atoms with Crippen molar-refractivity contribution in [3.8, 4) is 0 Å². The van der Waals surface area contributed by atoms with Crippen LogP contribution in [0.25, 0.3) is 0 Å². The summed E-state index contributed by atoms with van der Waals surface area (Å²) < 4.78 is 0. The number of carbonyl (C=O) groups excluding carboxylic acids is 1. The second kappa shape index (κ2) is 8.38. The Balaban J connectivity index is 1.48. The van der Waals surface area contributed by atoms with Crippen LogP contribution in [-0.2, 0) is 4.79 Å². The number of rotatable bonds is 5. The molecule has 0 saturated heterocycles. The molecule has 4 fully saturated rings. The maximum absolute atomic E-state index is 12.1. The summed E-state index contributed by atoms with van der Waals surface area (Å²) >= 11 is 0. The number of allylic oxidation sites excluding steroid dienone is 6. The van der Waals surface area contributed by atoms with E-state index >= 15 is 0 Å². The third kappa shape index (κ3) is 4.38. The van der Waals surface area contributed by atoms with Gasteiger partial charge in [-0.3, -0.25) is 4.79 Å². The van der Waals surface area contributed by atoms with Gasteiger partial charge in [0.15, 0.2) is 5.78 Å². The highest BCUT2D eigenvalue weighted by molar-refractivity contribution is 5.93. The van der Waals surface area contributed by atoms with Gasteiger partial charge in [-0.05, 0) is 99.0 Å². The molecular formula is C27H38O2. The Hall–Kier alpha value is -1.41. The molecule has 4 aliphatic rings. The fourth-order valence-electron chi connectivity index (χ4n) is 6.42. The molecule has 0 amide bonds. The molecule has 0 bridgehead atoms. The second-order valence-electron chi connectivity index (χ2n) is 10.4. The van der Waals surface area contributed by atoms with Gasteiger partial charge >= 0.3 is 0 Å². The van der Waals surface area contributed by atoms with Crippen molar-refractivity contribution in [2.45, 2.75) is 84.2 Å². The van der Waals surface area contributed by atoms with Gasteiger partial charge in [0, 0.05) is 5.92 Å². The summed E-state index contributed by atoms with van der Waals surface area (Å²) in [5.74, 6) is 2.48. The standard InChI is InChI=1S/C27H38O2/c1-18-6-12-23(28)17-22(18)11-8-20-5-4-16-27(3)24(13-14-25(20)27)19(2)7-15-26(29)21-9-10-21/h7-8,11,15,19,21,23-25,28H,1,4-6,9-10,12-14,16-17H2,2-3H3/b15-7+,20-8+,22-11-/t19-,23+,24?,25+,27-/m1/s1. The predicted octanol–water partition coefficient (Wildman–Crippen LogP) is 6.33. The first-order chi connectivity index (χ1) is 13.9. The molecule has 29 heavy (non-hydrogen) atoms. The van der Waals surface area contributed by atoms with Crippen LogP contribution in [0.1, 0.15) is 78.1 Å². The van der Waals surface area contributed by atoms with Gasteiger partial charge in [0.1, 0.15) is 0 Å². The molecule has 1 N–H and O–H groups in total. The molecule has 4 saturated carbocycles. The number of aliphatic hydroxyl groups is 1. The summed E-state index contributed by atoms with van der Waals surface area (Å²) in [5.41, 5.74) is 4.40. The van der Waals surface area contributed by atoms with Gasteiger partial charge in [0.2, 0.25) is 0 Å². The lowest BCUT2D eigenvalue weighted by molar-refractivity contribution is -0.115. The van der Waals surface area contributed by atoms with Crippen molar-refractivity contribution in [3.63, 3.8) is 0 Å². The zero-order valence-corrected chi connectivity index (χ0v) is 18.3. The smallest absolute Gasteiger partial charge is 0.158 e. The lowest BCUT2D eigenvalue weighted by Crippen LogP contribution is -2.35. The van der Waals surface area contributed by atoms with Crippen molar-refractivity contribution in [2.75, 3.05) is 0 Å². The quantitative estimate of drug-likeness (QED) is 0.553. The highest BCUT2D eigenvalue weighted by Crippen LogP contribution is 2.59. The highest BCUT2D eigenvalue weighted by atomic mass is 16.3. The van der Waals surface area contributed by atoms with E-state index in [-0.39, 0.29) is 6.10 Å². The minimum absolute atomic E-state index is 0.205. The van der Waals surface area contributed by atoms with Gasteiger partial charge in [-0.1, -0.05) is 49.8 Å². The summed E-state index contributed by atoms with van der Waals surface area (Å²) in [5, 5.41) is 10.0. The SMILES string of the molecule is C=C1CC[C@H](O)C/C1=C/C=C1\CCC[C@]2(C)C([C@H](C)/C=C/C(=O)C3CC3)CC[C@@H]12. The number of hydrogen-bond donors (Lipinski definition) is 1. The molecule has 0 spiro atoms. The summed E-state index contributed by atoms with van der Waals surface area (Å²) in [7, 11) is 0. The topological polar surface area (TPSA) is 37.3 Å². The minimum atomic E-state index is -0.205. The third-order valence-corrected chi connectivity index (χ3v) is 8.40. The van der Waals surface area contributed by atoms with Crippen LogP contribution in [0.2, 0.25) is 0 Å². The molecule has 1 unspecified atom stereocenters.